The molecule has 2 N–H and O–H groups in total. The Bertz CT molecular complexity index is 427. The molecule has 1 aromatic rings. The van der Waals surface area contributed by atoms with Gasteiger partial charge in [-0.3, -0.25) is 5.41 Å². The van der Waals surface area contributed by atoms with E-state index in [2.05, 4.69) is 0 Å². The number of amidine groups is 1. The molecule has 0 saturated carbocycles. The Balaban J connectivity index is 3.08. The molecule has 0 radical (unpaired) electrons. The molecule has 0 fully saturated rings. The molecule has 1 rings (SSSR count). The number of carboxylic acids is 1. The van der Waals surface area contributed by atoms with E-state index in [-0.39, 0.29) is 5.56 Å². The molecule has 0 aromatic heterocycles. The summed E-state index contributed by atoms with van der Waals surface area (Å²) in [7, 11) is 1.84. The van der Waals surface area contributed by atoms with Gasteiger partial charge >= 0.3 is 5.97 Å². The Hall–Kier alpha value is -1.84. The maximum absolute atomic E-state index is 10.8. The standard InChI is InChI=1S/C12H16N2O2/c1-4-14(3)11(13)10-6-5-9(12(15)16)7-8(10)2/h5-7,13H,4H2,1-3H3,(H,15,16). The quantitative estimate of drug-likeness (QED) is 0.604. The summed E-state index contributed by atoms with van der Waals surface area (Å²) in [6.45, 7) is 4.54. The van der Waals surface area contributed by atoms with Crippen LogP contribution in [0.1, 0.15) is 28.4 Å². The zero-order chi connectivity index (χ0) is 12.3. The third-order valence-electron chi connectivity index (χ3n) is 2.58. The summed E-state index contributed by atoms with van der Waals surface area (Å²) in [5, 5.41) is 16.8. The van der Waals surface area contributed by atoms with Crippen molar-refractivity contribution in [3.63, 3.8) is 0 Å². The van der Waals surface area contributed by atoms with E-state index in [1.165, 1.54) is 6.07 Å². The summed E-state index contributed by atoms with van der Waals surface area (Å²) in [6.07, 6.45) is 0. The molecular formula is C12H16N2O2. The van der Waals surface area contributed by atoms with E-state index in [0.29, 0.717) is 5.84 Å². The fraction of sp³-hybridized carbons (Fsp3) is 0.333. The van der Waals surface area contributed by atoms with Gasteiger partial charge in [-0.2, -0.15) is 0 Å². The van der Waals surface area contributed by atoms with Crippen molar-refractivity contribution >= 4 is 11.8 Å². The molecule has 0 amide bonds. The van der Waals surface area contributed by atoms with E-state index in [4.69, 9.17) is 10.5 Å². The van der Waals surface area contributed by atoms with Gasteiger partial charge in [-0.25, -0.2) is 4.79 Å². The molecule has 16 heavy (non-hydrogen) atoms. The molecule has 0 heterocycles. The van der Waals surface area contributed by atoms with Crippen LogP contribution in [0.15, 0.2) is 18.2 Å². The van der Waals surface area contributed by atoms with Crippen molar-refractivity contribution in [2.45, 2.75) is 13.8 Å². The van der Waals surface area contributed by atoms with Gasteiger partial charge in [0.15, 0.2) is 0 Å². The number of carbonyl (C=O) groups is 1. The van der Waals surface area contributed by atoms with Gasteiger partial charge in [-0.05, 0) is 31.5 Å². The molecule has 0 unspecified atom stereocenters. The van der Waals surface area contributed by atoms with Crippen LogP contribution in [0.3, 0.4) is 0 Å². The lowest BCUT2D eigenvalue weighted by Gasteiger charge is -2.19. The average Bonchev–Trinajstić information content (AvgIpc) is 2.26. The number of benzene rings is 1. The number of nitrogens with zero attached hydrogens (tertiary/aromatic N) is 1. The second-order valence-corrected chi connectivity index (χ2v) is 3.70. The van der Waals surface area contributed by atoms with Crippen LogP contribution in [0.4, 0.5) is 0 Å². The molecule has 0 aliphatic carbocycles. The van der Waals surface area contributed by atoms with Crippen molar-refractivity contribution in [3.8, 4) is 0 Å². The molecule has 4 nitrogen and oxygen atoms in total. The van der Waals surface area contributed by atoms with Gasteiger partial charge in [0.05, 0.1) is 5.56 Å². The van der Waals surface area contributed by atoms with Crippen molar-refractivity contribution in [2.24, 2.45) is 0 Å². The van der Waals surface area contributed by atoms with Crippen molar-refractivity contribution < 1.29 is 9.90 Å². The fourth-order valence-corrected chi connectivity index (χ4v) is 1.43. The number of hydrogen-bond acceptors (Lipinski definition) is 2. The molecular weight excluding hydrogens is 204 g/mol. The Morgan fingerprint density at radius 2 is 2.12 bits per heavy atom. The first-order valence-electron chi connectivity index (χ1n) is 5.11. The van der Waals surface area contributed by atoms with E-state index in [1.54, 1.807) is 12.1 Å². The summed E-state index contributed by atoms with van der Waals surface area (Å²) in [5.41, 5.74) is 1.84. The Morgan fingerprint density at radius 3 is 2.56 bits per heavy atom. The highest BCUT2D eigenvalue weighted by Crippen LogP contribution is 2.13. The number of rotatable bonds is 3. The van der Waals surface area contributed by atoms with E-state index < -0.39 is 5.97 Å². The first kappa shape index (κ1) is 12.2. The second kappa shape index (κ2) is 4.79. The lowest BCUT2D eigenvalue weighted by Crippen LogP contribution is -2.27. The Kier molecular flexibility index (Phi) is 3.66. The normalized spacial score (nSPS) is 9.94. The van der Waals surface area contributed by atoms with Crippen LogP contribution in [-0.4, -0.2) is 35.4 Å². The van der Waals surface area contributed by atoms with Crippen LogP contribution in [0.5, 0.6) is 0 Å². The van der Waals surface area contributed by atoms with E-state index >= 15 is 0 Å². The summed E-state index contributed by atoms with van der Waals surface area (Å²) in [5.74, 6) is -0.526. The summed E-state index contributed by atoms with van der Waals surface area (Å²) >= 11 is 0. The third-order valence-corrected chi connectivity index (χ3v) is 2.58. The van der Waals surface area contributed by atoms with Gasteiger partial charge in [-0.1, -0.05) is 6.07 Å². The molecule has 86 valence electrons. The van der Waals surface area contributed by atoms with Crippen molar-refractivity contribution in [3.05, 3.63) is 34.9 Å². The smallest absolute Gasteiger partial charge is 0.335 e. The zero-order valence-corrected chi connectivity index (χ0v) is 9.74. The minimum absolute atomic E-state index is 0.258. The lowest BCUT2D eigenvalue weighted by molar-refractivity contribution is 0.0697. The highest BCUT2D eigenvalue weighted by Gasteiger charge is 2.11. The van der Waals surface area contributed by atoms with Gasteiger partial charge in [-0.15, -0.1) is 0 Å². The fourth-order valence-electron chi connectivity index (χ4n) is 1.43. The lowest BCUT2D eigenvalue weighted by atomic mass is 10.0. The monoisotopic (exact) mass is 220 g/mol. The van der Waals surface area contributed by atoms with Crippen LogP contribution in [0.2, 0.25) is 0 Å². The van der Waals surface area contributed by atoms with Crippen LogP contribution in [0, 0.1) is 12.3 Å². The van der Waals surface area contributed by atoms with Gasteiger partial charge in [0, 0.05) is 19.2 Å². The number of hydrogen-bond donors (Lipinski definition) is 2. The number of nitrogens with one attached hydrogen (secondary N) is 1. The van der Waals surface area contributed by atoms with E-state index in [9.17, 15) is 4.79 Å². The average molecular weight is 220 g/mol. The van der Waals surface area contributed by atoms with Crippen LogP contribution in [0.25, 0.3) is 0 Å². The number of aromatic carboxylic acids is 1. The second-order valence-electron chi connectivity index (χ2n) is 3.70. The first-order valence-corrected chi connectivity index (χ1v) is 5.11. The Morgan fingerprint density at radius 1 is 1.50 bits per heavy atom. The zero-order valence-electron chi connectivity index (χ0n) is 9.74. The van der Waals surface area contributed by atoms with Gasteiger partial charge in [0.2, 0.25) is 0 Å². The van der Waals surface area contributed by atoms with Crippen molar-refractivity contribution in [2.75, 3.05) is 13.6 Å². The molecule has 0 bridgehead atoms. The summed E-state index contributed by atoms with van der Waals surface area (Å²) in [6, 6.07) is 4.81. The van der Waals surface area contributed by atoms with Crippen molar-refractivity contribution in [1.82, 2.24) is 4.90 Å². The largest absolute Gasteiger partial charge is 0.478 e. The summed E-state index contributed by atoms with van der Waals surface area (Å²) < 4.78 is 0. The molecule has 0 aliphatic heterocycles. The molecule has 4 heteroatoms. The highest BCUT2D eigenvalue weighted by molar-refractivity contribution is 5.98. The molecule has 1 aromatic carbocycles. The number of carboxylic acid groups (broad SMARTS) is 1. The van der Waals surface area contributed by atoms with Gasteiger partial charge in [0.25, 0.3) is 0 Å². The third kappa shape index (κ3) is 2.39. The minimum Gasteiger partial charge on any atom is -0.478 e. The van der Waals surface area contributed by atoms with Crippen LogP contribution >= 0.6 is 0 Å². The van der Waals surface area contributed by atoms with Crippen LogP contribution in [-0.2, 0) is 0 Å². The molecule has 0 saturated heterocycles. The van der Waals surface area contributed by atoms with Gasteiger partial charge < -0.3 is 10.0 Å². The predicted molar refractivity (Wildman–Crippen MR) is 63.3 cm³/mol. The molecule has 0 spiro atoms. The topological polar surface area (TPSA) is 64.4 Å². The number of aryl methyl sites for hydroxylation is 1. The SMILES string of the molecule is CCN(C)C(=N)c1ccc(C(=O)O)cc1C. The van der Waals surface area contributed by atoms with Crippen LogP contribution < -0.4 is 0 Å². The maximum Gasteiger partial charge on any atom is 0.335 e. The predicted octanol–water partition coefficient (Wildman–Crippen LogP) is 1.97. The Labute approximate surface area is 95.0 Å². The van der Waals surface area contributed by atoms with Crippen molar-refractivity contribution in [1.29, 1.82) is 5.41 Å². The maximum atomic E-state index is 10.8. The van der Waals surface area contributed by atoms with E-state index in [0.717, 1.165) is 17.7 Å². The highest BCUT2D eigenvalue weighted by atomic mass is 16.4. The minimum atomic E-state index is -0.940. The van der Waals surface area contributed by atoms with Gasteiger partial charge in [0.1, 0.15) is 5.84 Å². The van der Waals surface area contributed by atoms with E-state index in [1.807, 2.05) is 25.8 Å². The first-order chi connectivity index (χ1) is 7.47. The molecule has 0 aliphatic rings. The molecule has 0 atom stereocenters. The summed E-state index contributed by atoms with van der Waals surface area (Å²) in [4.78, 5) is 12.6.